The van der Waals surface area contributed by atoms with Crippen molar-refractivity contribution >= 4 is 12.0 Å². The minimum Gasteiger partial charge on any atom is -0.466 e. The summed E-state index contributed by atoms with van der Waals surface area (Å²) >= 11 is 0. The van der Waals surface area contributed by atoms with Gasteiger partial charge in [-0.3, -0.25) is 0 Å². The zero-order valence-corrected chi connectivity index (χ0v) is 8.11. The van der Waals surface area contributed by atoms with Crippen LogP contribution in [0.25, 0.3) is 6.08 Å². The highest BCUT2D eigenvalue weighted by atomic mass is 19.3. The van der Waals surface area contributed by atoms with Gasteiger partial charge < -0.3 is 4.74 Å². The number of halogens is 2. The standard InChI is InChI=1S/C11H10F2O2/c1-15-10(14)7-4-8-2-5-9(6-3-8)11(12)13/h2-7,11H,1H3. The summed E-state index contributed by atoms with van der Waals surface area (Å²) in [4.78, 5) is 10.7. The first-order valence-corrected chi connectivity index (χ1v) is 4.27. The fourth-order valence-electron chi connectivity index (χ4n) is 0.985. The van der Waals surface area contributed by atoms with E-state index in [4.69, 9.17) is 0 Å². The van der Waals surface area contributed by atoms with E-state index in [9.17, 15) is 13.6 Å². The molecule has 2 nitrogen and oxygen atoms in total. The van der Waals surface area contributed by atoms with Gasteiger partial charge in [-0.2, -0.15) is 0 Å². The van der Waals surface area contributed by atoms with Gasteiger partial charge in [0, 0.05) is 11.6 Å². The number of methoxy groups -OCH3 is 1. The zero-order valence-electron chi connectivity index (χ0n) is 8.11. The molecule has 0 saturated carbocycles. The molecule has 1 aromatic rings. The summed E-state index contributed by atoms with van der Waals surface area (Å²) in [5.41, 5.74) is 0.634. The number of ether oxygens (including phenoxy) is 1. The first kappa shape index (κ1) is 11.4. The van der Waals surface area contributed by atoms with Gasteiger partial charge in [0.25, 0.3) is 6.43 Å². The maximum Gasteiger partial charge on any atom is 0.330 e. The number of carbonyl (C=O) groups is 1. The average Bonchev–Trinajstić information content (AvgIpc) is 2.26. The van der Waals surface area contributed by atoms with Crippen molar-refractivity contribution in [3.05, 3.63) is 41.5 Å². The van der Waals surface area contributed by atoms with Gasteiger partial charge in [-0.15, -0.1) is 0 Å². The molecule has 0 amide bonds. The molecular formula is C11H10F2O2. The van der Waals surface area contributed by atoms with Gasteiger partial charge in [0.15, 0.2) is 0 Å². The maximum atomic E-state index is 12.2. The van der Waals surface area contributed by atoms with Crippen LogP contribution in [0.1, 0.15) is 17.6 Å². The summed E-state index contributed by atoms with van der Waals surface area (Å²) in [5, 5.41) is 0. The number of benzene rings is 1. The molecule has 0 aliphatic heterocycles. The summed E-state index contributed by atoms with van der Waals surface area (Å²) in [7, 11) is 1.27. The Kier molecular flexibility index (Phi) is 3.97. The van der Waals surface area contributed by atoms with Crippen LogP contribution in [-0.4, -0.2) is 13.1 Å². The predicted octanol–water partition coefficient (Wildman–Crippen LogP) is 2.81. The first-order chi connectivity index (χ1) is 7.13. The second-order valence-electron chi connectivity index (χ2n) is 2.82. The van der Waals surface area contributed by atoms with Crippen LogP contribution in [0.2, 0.25) is 0 Å². The Balaban J connectivity index is 2.72. The summed E-state index contributed by atoms with van der Waals surface area (Å²) < 4.78 is 28.7. The van der Waals surface area contributed by atoms with Crippen LogP contribution in [0.5, 0.6) is 0 Å². The Labute approximate surface area is 86.2 Å². The third-order valence-electron chi connectivity index (χ3n) is 1.80. The van der Waals surface area contributed by atoms with E-state index < -0.39 is 12.4 Å². The molecule has 0 atom stereocenters. The van der Waals surface area contributed by atoms with Gasteiger partial charge in [0.1, 0.15) is 0 Å². The van der Waals surface area contributed by atoms with Gasteiger partial charge in [0.05, 0.1) is 7.11 Å². The van der Waals surface area contributed by atoms with Crippen molar-refractivity contribution < 1.29 is 18.3 Å². The molecule has 0 aliphatic carbocycles. The number of esters is 1. The van der Waals surface area contributed by atoms with E-state index >= 15 is 0 Å². The number of carbonyl (C=O) groups excluding carboxylic acids is 1. The minimum atomic E-state index is -2.47. The van der Waals surface area contributed by atoms with Gasteiger partial charge in [-0.1, -0.05) is 24.3 Å². The van der Waals surface area contributed by atoms with Crippen molar-refractivity contribution in [1.82, 2.24) is 0 Å². The highest BCUT2D eigenvalue weighted by Crippen LogP contribution is 2.18. The Morgan fingerprint density at radius 1 is 1.33 bits per heavy atom. The molecule has 0 radical (unpaired) electrons. The summed E-state index contributed by atoms with van der Waals surface area (Å²) in [5.74, 6) is -0.479. The second-order valence-corrected chi connectivity index (χ2v) is 2.82. The second kappa shape index (κ2) is 5.24. The van der Waals surface area contributed by atoms with Crippen LogP contribution in [-0.2, 0) is 9.53 Å². The first-order valence-electron chi connectivity index (χ1n) is 4.27. The molecule has 0 saturated heterocycles. The SMILES string of the molecule is COC(=O)C=Cc1ccc(C(F)F)cc1. The molecule has 0 aliphatic rings. The Hall–Kier alpha value is -1.71. The Bertz CT molecular complexity index is 355. The fraction of sp³-hybridized carbons (Fsp3) is 0.182. The van der Waals surface area contributed by atoms with E-state index in [0.717, 1.165) is 0 Å². The Morgan fingerprint density at radius 2 is 1.93 bits per heavy atom. The lowest BCUT2D eigenvalue weighted by molar-refractivity contribution is -0.134. The quantitative estimate of drug-likeness (QED) is 0.568. The van der Waals surface area contributed by atoms with Crippen molar-refractivity contribution in [2.75, 3.05) is 7.11 Å². The number of rotatable bonds is 3. The van der Waals surface area contributed by atoms with Crippen LogP contribution in [0.15, 0.2) is 30.3 Å². The van der Waals surface area contributed by atoms with Gasteiger partial charge >= 0.3 is 5.97 Å². The molecule has 4 heteroatoms. The third kappa shape index (κ3) is 3.50. The summed E-state index contributed by atoms with van der Waals surface area (Å²) in [6, 6.07) is 5.67. The highest BCUT2D eigenvalue weighted by molar-refractivity contribution is 5.86. The zero-order chi connectivity index (χ0) is 11.3. The van der Waals surface area contributed by atoms with Crippen LogP contribution < -0.4 is 0 Å². The van der Waals surface area contributed by atoms with Gasteiger partial charge in [0.2, 0.25) is 0 Å². The predicted molar refractivity (Wildman–Crippen MR) is 52.4 cm³/mol. The monoisotopic (exact) mass is 212 g/mol. The third-order valence-corrected chi connectivity index (χ3v) is 1.80. The lowest BCUT2D eigenvalue weighted by Gasteiger charge is -1.99. The van der Waals surface area contributed by atoms with E-state index in [0.29, 0.717) is 5.56 Å². The fourth-order valence-corrected chi connectivity index (χ4v) is 0.985. The molecule has 0 heterocycles. The molecule has 80 valence electrons. The van der Waals surface area contributed by atoms with Crippen molar-refractivity contribution in [3.8, 4) is 0 Å². The van der Waals surface area contributed by atoms with E-state index in [1.165, 1.54) is 43.5 Å². The Morgan fingerprint density at radius 3 is 2.40 bits per heavy atom. The van der Waals surface area contributed by atoms with Crippen LogP contribution in [0.3, 0.4) is 0 Å². The van der Waals surface area contributed by atoms with Crippen molar-refractivity contribution in [2.24, 2.45) is 0 Å². The highest BCUT2D eigenvalue weighted by Gasteiger charge is 2.04. The van der Waals surface area contributed by atoms with E-state index in [1.807, 2.05) is 0 Å². The molecule has 0 aromatic heterocycles. The maximum absolute atomic E-state index is 12.2. The van der Waals surface area contributed by atoms with E-state index in [1.54, 1.807) is 0 Å². The molecule has 0 spiro atoms. The summed E-state index contributed by atoms with van der Waals surface area (Å²) in [6.07, 6.45) is 0.266. The molecular weight excluding hydrogens is 202 g/mol. The van der Waals surface area contributed by atoms with Crippen molar-refractivity contribution in [2.45, 2.75) is 6.43 Å². The van der Waals surface area contributed by atoms with E-state index in [2.05, 4.69) is 4.74 Å². The van der Waals surface area contributed by atoms with Crippen LogP contribution in [0, 0.1) is 0 Å². The van der Waals surface area contributed by atoms with Crippen LogP contribution >= 0.6 is 0 Å². The normalized spacial score (nSPS) is 10.9. The van der Waals surface area contributed by atoms with E-state index in [-0.39, 0.29) is 5.56 Å². The topological polar surface area (TPSA) is 26.3 Å². The number of alkyl halides is 2. The largest absolute Gasteiger partial charge is 0.466 e. The van der Waals surface area contributed by atoms with Crippen molar-refractivity contribution in [1.29, 1.82) is 0 Å². The molecule has 1 rings (SSSR count). The minimum absolute atomic E-state index is 0.0368. The van der Waals surface area contributed by atoms with Crippen LogP contribution in [0.4, 0.5) is 8.78 Å². The number of hydrogen-bond acceptors (Lipinski definition) is 2. The average molecular weight is 212 g/mol. The van der Waals surface area contributed by atoms with Gasteiger partial charge in [-0.05, 0) is 11.6 Å². The lowest BCUT2D eigenvalue weighted by atomic mass is 10.1. The van der Waals surface area contributed by atoms with Crippen molar-refractivity contribution in [3.63, 3.8) is 0 Å². The lowest BCUT2D eigenvalue weighted by Crippen LogP contribution is -1.93. The number of hydrogen-bond donors (Lipinski definition) is 0. The van der Waals surface area contributed by atoms with Gasteiger partial charge in [-0.25, -0.2) is 13.6 Å². The molecule has 15 heavy (non-hydrogen) atoms. The molecule has 0 N–H and O–H groups in total. The summed E-state index contributed by atoms with van der Waals surface area (Å²) in [6.45, 7) is 0. The molecule has 0 fully saturated rings. The molecule has 1 aromatic carbocycles. The molecule has 0 unspecified atom stereocenters. The smallest absolute Gasteiger partial charge is 0.330 e. The molecule has 0 bridgehead atoms.